The summed E-state index contributed by atoms with van der Waals surface area (Å²) in [6.45, 7) is -0.163. The number of hydrogen-bond donors (Lipinski definition) is 1. The van der Waals surface area contributed by atoms with Crippen LogP contribution in [0.1, 0.15) is 43.1 Å². The van der Waals surface area contributed by atoms with Gasteiger partial charge >= 0.3 is 6.36 Å². The monoisotopic (exact) mass is 489 g/mol. The summed E-state index contributed by atoms with van der Waals surface area (Å²) >= 11 is 0. The first-order chi connectivity index (χ1) is 16.2. The summed E-state index contributed by atoms with van der Waals surface area (Å²) in [5.41, 5.74) is 0. The standard InChI is InChI=1S/C21H23F4N3O6/c1-30-16-8-17(20-28-27-19(33-20)11-6-14(7-11)34-21(23,24)25)32-9-15(16)26-18(29)10-31-13-4-2-12(22)3-5-13/h2-5,11,14-17H,6-10H2,1H3,(H,26,29)/t11?,14?,15-,16-,17-/m0/s1. The highest BCUT2D eigenvalue weighted by molar-refractivity contribution is 5.78. The lowest BCUT2D eigenvalue weighted by Crippen LogP contribution is -2.51. The minimum atomic E-state index is -4.67. The number of amides is 1. The molecule has 13 heteroatoms. The van der Waals surface area contributed by atoms with Gasteiger partial charge in [-0.05, 0) is 37.1 Å². The van der Waals surface area contributed by atoms with E-state index in [-0.39, 0.29) is 43.8 Å². The first-order valence-corrected chi connectivity index (χ1v) is 10.6. The van der Waals surface area contributed by atoms with Gasteiger partial charge in [-0.25, -0.2) is 4.39 Å². The summed E-state index contributed by atoms with van der Waals surface area (Å²) in [6.07, 6.45) is -6.00. The first-order valence-electron chi connectivity index (χ1n) is 10.6. The smallest absolute Gasteiger partial charge is 0.484 e. The van der Waals surface area contributed by atoms with Crippen molar-refractivity contribution in [3.05, 3.63) is 41.9 Å². The van der Waals surface area contributed by atoms with E-state index >= 15 is 0 Å². The van der Waals surface area contributed by atoms with Gasteiger partial charge in [0.15, 0.2) is 6.61 Å². The molecule has 1 saturated carbocycles. The molecule has 1 aromatic carbocycles. The third-order valence-corrected chi connectivity index (χ3v) is 5.68. The fourth-order valence-electron chi connectivity index (χ4n) is 3.86. The Hall–Kier alpha value is -2.77. The van der Waals surface area contributed by atoms with E-state index in [1.807, 2.05) is 0 Å². The van der Waals surface area contributed by atoms with Crippen LogP contribution in [0.5, 0.6) is 5.75 Å². The molecule has 1 N–H and O–H groups in total. The molecule has 2 aliphatic rings. The number of rotatable bonds is 8. The molecule has 186 valence electrons. The van der Waals surface area contributed by atoms with Crippen LogP contribution in [0.25, 0.3) is 0 Å². The number of aromatic nitrogens is 2. The molecular formula is C21H23F4N3O6. The molecule has 3 atom stereocenters. The zero-order valence-corrected chi connectivity index (χ0v) is 18.1. The van der Waals surface area contributed by atoms with E-state index in [1.165, 1.54) is 31.4 Å². The highest BCUT2D eigenvalue weighted by Crippen LogP contribution is 2.41. The van der Waals surface area contributed by atoms with Crippen molar-refractivity contribution in [1.29, 1.82) is 0 Å². The van der Waals surface area contributed by atoms with Gasteiger partial charge in [0.05, 0.1) is 24.9 Å². The van der Waals surface area contributed by atoms with E-state index in [9.17, 15) is 22.4 Å². The molecule has 0 bridgehead atoms. The van der Waals surface area contributed by atoms with Crippen LogP contribution in [-0.4, -0.2) is 61.0 Å². The van der Waals surface area contributed by atoms with Gasteiger partial charge in [0.2, 0.25) is 11.8 Å². The predicted molar refractivity (Wildman–Crippen MR) is 105 cm³/mol. The Morgan fingerprint density at radius 3 is 2.53 bits per heavy atom. The van der Waals surface area contributed by atoms with Gasteiger partial charge < -0.3 is 23.9 Å². The number of ether oxygens (including phenoxy) is 4. The summed E-state index contributed by atoms with van der Waals surface area (Å²) in [7, 11) is 1.50. The molecule has 1 aliphatic heterocycles. The predicted octanol–water partition coefficient (Wildman–Crippen LogP) is 3.03. The zero-order valence-electron chi connectivity index (χ0n) is 18.1. The van der Waals surface area contributed by atoms with Crippen LogP contribution >= 0.6 is 0 Å². The van der Waals surface area contributed by atoms with Crippen molar-refractivity contribution in [2.24, 2.45) is 0 Å². The van der Waals surface area contributed by atoms with Gasteiger partial charge in [0.25, 0.3) is 5.91 Å². The van der Waals surface area contributed by atoms with Crippen LogP contribution in [0.2, 0.25) is 0 Å². The Labute approximate surface area is 191 Å². The van der Waals surface area contributed by atoms with Crippen molar-refractivity contribution < 1.29 is 45.7 Å². The molecule has 4 rings (SSSR count). The number of hydrogen-bond acceptors (Lipinski definition) is 8. The topological polar surface area (TPSA) is 105 Å². The molecular weight excluding hydrogens is 466 g/mol. The van der Waals surface area contributed by atoms with Crippen molar-refractivity contribution in [3.63, 3.8) is 0 Å². The van der Waals surface area contributed by atoms with Crippen LogP contribution in [0, 0.1) is 5.82 Å². The first kappa shape index (κ1) is 24.4. The van der Waals surface area contributed by atoms with Gasteiger partial charge in [-0.2, -0.15) is 0 Å². The lowest BCUT2D eigenvalue weighted by atomic mass is 9.82. The Kier molecular flexibility index (Phi) is 7.33. The van der Waals surface area contributed by atoms with E-state index in [4.69, 9.17) is 18.6 Å². The molecule has 2 heterocycles. The molecule has 2 aromatic rings. The Morgan fingerprint density at radius 2 is 1.85 bits per heavy atom. The van der Waals surface area contributed by atoms with Crippen LogP contribution in [-0.2, 0) is 19.0 Å². The Morgan fingerprint density at radius 1 is 1.15 bits per heavy atom. The van der Waals surface area contributed by atoms with Crippen molar-refractivity contribution in [2.75, 3.05) is 20.3 Å². The van der Waals surface area contributed by atoms with Gasteiger partial charge in [-0.15, -0.1) is 23.4 Å². The number of nitrogens with one attached hydrogen (secondary N) is 1. The fraction of sp³-hybridized carbons (Fsp3) is 0.571. The molecule has 1 amide bonds. The number of nitrogens with zero attached hydrogens (tertiary/aromatic N) is 2. The maximum absolute atomic E-state index is 12.9. The summed E-state index contributed by atoms with van der Waals surface area (Å²) < 4.78 is 76.0. The summed E-state index contributed by atoms with van der Waals surface area (Å²) in [5, 5.41) is 10.7. The van der Waals surface area contributed by atoms with E-state index in [1.54, 1.807) is 0 Å². The highest BCUT2D eigenvalue weighted by atomic mass is 19.4. The maximum Gasteiger partial charge on any atom is 0.522 e. The van der Waals surface area contributed by atoms with E-state index in [0.717, 1.165) is 0 Å². The third-order valence-electron chi connectivity index (χ3n) is 5.68. The fourth-order valence-corrected chi connectivity index (χ4v) is 3.86. The summed E-state index contributed by atoms with van der Waals surface area (Å²) in [5.74, 6) is -0.323. The number of halogens is 4. The highest BCUT2D eigenvalue weighted by Gasteiger charge is 2.43. The molecule has 2 fully saturated rings. The van der Waals surface area contributed by atoms with E-state index < -0.39 is 42.4 Å². The van der Waals surface area contributed by atoms with Gasteiger partial charge in [-0.3, -0.25) is 9.53 Å². The van der Waals surface area contributed by atoms with Gasteiger partial charge in [0.1, 0.15) is 17.7 Å². The lowest BCUT2D eigenvalue weighted by molar-refractivity contribution is -0.352. The van der Waals surface area contributed by atoms with E-state index in [0.29, 0.717) is 12.2 Å². The normalized spacial score (nSPS) is 27.1. The Bertz CT molecular complexity index is 964. The molecule has 0 radical (unpaired) electrons. The van der Waals surface area contributed by atoms with Crippen molar-refractivity contribution in [1.82, 2.24) is 15.5 Å². The number of carbonyl (C=O) groups excluding carboxylic acids is 1. The zero-order chi connectivity index (χ0) is 24.3. The molecule has 0 unspecified atom stereocenters. The molecule has 0 spiro atoms. The SMILES string of the molecule is CO[C@H]1C[C@@H](c2nnc(C3CC(OC(F)(F)F)C3)o2)OC[C@@H]1NC(=O)COc1ccc(F)cc1. The van der Waals surface area contributed by atoms with Gasteiger partial charge in [0, 0.05) is 19.4 Å². The molecule has 9 nitrogen and oxygen atoms in total. The minimum absolute atomic E-state index is 0.105. The largest absolute Gasteiger partial charge is 0.522 e. The molecule has 1 saturated heterocycles. The van der Waals surface area contributed by atoms with Crippen LogP contribution in [0.15, 0.2) is 28.7 Å². The Balaban J connectivity index is 1.25. The van der Waals surface area contributed by atoms with Gasteiger partial charge in [-0.1, -0.05) is 0 Å². The van der Waals surface area contributed by atoms with E-state index in [2.05, 4.69) is 20.3 Å². The lowest BCUT2D eigenvalue weighted by Gasteiger charge is -2.34. The van der Waals surface area contributed by atoms with Crippen molar-refractivity contribution in [2.45, 2.75) is 55.9 Å². The number of methoxy groups -OCH3 is 1. The van der Waals surface area contributed by atoms with Crippen LogP contribution < -0.4 is 10.1 Å². The summed E-state index contributed by atoms with van der Waals surface area (Å²) in [4.78, 5) is 12.3. The minimum Gasteiger partial charge on any atom is -0.484 e. The average Bonchev–Trinajstić information content (AvgIpc) is 3.25. The summed E-state index contributed by atoms with van der Waals surface area (Å²) in [6, 6.07) is 4.83. The number of alkyl halides is 3. The second-order valence-electron chi connectivity index (χ2n) is 8.08. The second-order valence-corrected chi connectivity index (χ2v) is 8.08. The van der Waals surface area contributed by atoms with Crippen molar-refractivity contribution >= 4 is 5.91 Å². The third kappa shape index (κ3) is 6.21. The second kappa shape index (κ2) is 10.2. The number of benzene rings is 1. The molecule has 1 aromatic heterocycles. The van der Waals surface area contributed by atoms with Crippen LogP contribution in [0.3, 0.4) is 0 Å². The quantitative estimate of drug-likeness (QED) is 0.565. The van der Waals surface area contributed by atoms with Crippen molar-refractivity contribution in [3.8, 4) is 5.75 Å². The maximum atomic E-state index is 12.9. The van der Waals surface area contributed by atoms with Crippen LogP contribution in [0.4, 0.5) is 17.6 Å². The molecule has 1 aliphatic carbocycles. The number of carbonyl (C=O) groups is 1. The average molecular weight is 489 g/mol. The molecule has 34 heavy (non-hydrogen) atoms.